The number of benzene rings is 1. The Morgan fingerprint density at radius 3 is 2.85 bits per heavy atom. The molecule has 2 aromatic rings. The number of rotatable bonds is 4. The van der Waals surface area contributed by atoms with Crippen LogP contribution in [0.25, 0.3) is 0 Å². The first-order valence-corrected chi connectivity index (χ1v) is 7.14. The first-order chi connectivity index (χ1) is 9.40. The summed E-state index contributed by atoms with van der Waals surface area (Å²) in [6.07, 6.45) is 0. The standard InChI is InChI=1S/C15H16FNO2S/c1-10-3-4-13(16)12(7-10)14(18)17-9-15(2,19)11-5-6-20-8-11/h3-8,19H,9H2,1-2H3,(H,17,18). The molecule has 0 aliphatic rings. The van der Waals surface area contributed by atoms with Crippen LogP contribution in [-0.2, 0) is 5.60 Å². The Labute approximate surface area is 121 Å². The van der Waals surface area contributed by atoms with Crippen LogP contribution in [0.15, 0.2) is 35.0 Å². The number of amides is 1. The predicted molar refractivity (Wildman–Crippen MR) is 77.4 cm³/mol. The molecule has 0 aliphatic carbocycles. The van der Waals surface area contributed by atoms with Gasteiger partial charge in [-0.3, -0.25) is 4.79 Å². The van der Waals surface area contributed by atoms with E-state index in [0.717, 1.165) is 11.1 Å². The number of thiophene rings is 1. The van der Waals surface area contributed by atoms with Gasteiger partial charge in [-0.15, -0.1) is 0 Å². The van der Waals surface area contributed by atoms with Crippen molar-refractivity contribution in [2.24, 2.45) is 0 Å². The molecule has 3 nitrogen and oxygen atoms in total. The van der Waals surface area contributed by atoms with Crippen LogP contribution in [0.5, 0.6) is 0 Å². The summed E-state index contributed by atoms with van der Waals surface area (Å²) in [6, 6.07) is 6.16. The van der Waals surface area contributed by atoms with Crippen LogP contribution in [0.3, 0.4) is 0 Å². The lowest BCUT2D eigenvalue weighted by atomic mass is 9.99. The van der Waals surface area contributed by atoms with Crippen molar-refractivity contribution in [1.82, 2.24) is 5.32 Å². The lowest BCUT2D eigenvalue weighted by Gasteiger charge is -2.22. The molecule has 1 aromatic carbocycles. The van der Waals surface area contributed by atoms with E-state index in [4.69, 9.17) is 0 Å². The molecule has 0 bridgehead atoms. The van der Waals surface area contributed by atoms with Gasteiger partial charge in [0.15, 0.2) is 0 Å². The Morgan fingerprint density at radius 1 is 1.45 bits per heavy atom. The molecule has 1 amide bonds. The summed E-state index contributed by atoms with van der Waals surface area (Å²) in [4.78, 5) is 12.0. The molecule has 1 aromatic heterocycles. The zero-order valence-corrected chi connectivity index (χ0v) is 12.1. The van der Waals surface area contributed by atoms with Gasteiger partial charge in [-0.25, -0.2) is 4.39 Å². The lowest BCUT2D eigenvalue weighted by molar-refractivity contribution is 0.0529. The maximum Gasteiger partial charge on any atom is 0.254 e. The van der Waals surface area contributed by atoms with Crippen LogP contribution in [0, 0.1) is 12.7 Å². The minimum Gasteiger partial charge on any atom is -0.384 e. The first kappa shape index (κ1) is 14.7. The molecule has 0 saturated carbocycles. The van der Waals surface area contributed by atoms with E-state index >= 15 is 0 Å². The van der Waals surface area contributed by atoms with Gasteiger partial charge in [0.2, 0.25) is 0 Å². The van der Waals surface area contributed by atoms with Gasteiger partial charge in [0.05, 0.1) is 12.1 Å². The van der Waals surface area contributed by atoms with E-state index in [2.05, 4.69) is 5.32 Å². The molecule has 2 rings (SSSR count). The Balaban J connectivity index is 2.07. The lowest BCUT2D eigenvalue weighted by Crippen LogP contribution is -2.38. The molecule has 0 radical (unpaired) electrons. The van der Waals surface area contributed by atoms with Crippen LogP contribution >= 0.6 is 11.3 Å². The van der Waals surface area contributed by atoms with Crippen molar-refractivity contribution in [3.63, 3.8) is 0 Å². The fourth-order valence-corrected chi connectivity index (χ4v) is 2.62. The summed E-state index contributed by atoms with van der Waals surface area (Å²) in [5.74, 6) is -1.09. The van der Waals surface area contributed by atoms with Gasteiger partial charge in [0, 0.05) is 0 Å². The van der Waals surface area contributed by atoms with Gasteiger partial charge in [0.25, 0.3) is 5.91 Å². The van der Waals surface area contributed by atoms with E-state index in [9.17, 15) is 14.3 Å². The first-order valence-electron chi connectivity index (χ1n) is 6.19. The highest BCUT2D eigenvalue weighted by atomic mass is 32.1. The summed E-state index contributed by atoms with van der Waals surface area (Å²) in [6.45, 7) is 3.43. The number of halogens is 1. The number of carbonyl (C=O) groups excluding carboxylic acids is 1. The van der Waals surface area contributed by atoms with Crippen molar-refractivity contribution < 1.29 is 14.3 Å². The quantitative estimate of drug-likeness (QED) is 0.910. The third kappa shape index (κ3) is 3.23. The third-order valence-corrected chi connectivity index (χ3v) is 3.79. The third-order valence-electron chi connectivity index (χ3n) is 3.10. The van der Waals surface area contributed by atoms with E-state index < -0.39 is 17.3 Å². The number of aryl methyl sites for hydroxylation is 1. The van der Waals surface area contributed by atoms with E-state index in [1.807, 2.05) is 10.8 Å². The largest absolute Gasteiger partial charge is 0.384 e. The normalized spacial score (nSPS) is 13.8. The second-order valence-corrected chi connectivity index (χ2v) is 5.73. The van der Waals surface area contributed by atoms with Crippen LogP contribution in [0.2, 0.25) is 0 Å². The molecular formula is C15H16FNO2S. The molecular weight excluding hydrogens is 277 g/mol. The van der Waals surface area contributed by atoms with Gasteiger partial charge < -0.3 is 10.4 Å². The minimum atomic E-state index is -1.17. The fraction of sp³-hybridized carbons (Fsp3) is 0.267. The van der Waals surface area contributed by atoms with Crippen LogP contribution in [0.1, 0.15) is 28.4 Å². The average Bonchev–Trinajstić information content (AvgIpc) is 2.93. The van der Waals surface area contributed by atoms with Gasteiger partial charge >= 0.3 is 0 Å². The average molecular weight is 293 g/mol. The van der Waals surface area contributed by atoms with Gasteiger partial charge in [-0.05, 0) is 48.4 Å². The van der Waals surface area contributed by atoms with E-state index in [1.54, 1.807) is 26.0 Å². The monoisotopic (exact) mass is 293 g/mol. The number of aliphatic hydroxyl groups is 1. The molecule has 0 spiro atoms. The summed E-state index contributed by atoms with van der Waals surface area (Å²) >= 11 is 1.47. The number of carbonyl (C=O) groups is 1. The molecule has 20 heavy (non-hydrogen) atoms. The van der Waals surface area contributed by atoms with E-state index in [-0.39, 0.29) is 12.1 Å². The second-order valence-electron chi connectivity index (χ2n) is 4.95. The zero-order chi connectivity index (χ0) is 14.8. The molecule has 1 heterocycles. The summed E-state index contributed by atoms with van der Waals surface area (Å²) in [5.41, 5.74) is 0.357. The molecule has 1 atom stereocenters. The molecule has 1 unspecified atom stereocenters. The Kier molecular flexibility index (Phi) is 4.20. The van der Waals surface area contributed by atoms with Crippen molar-refractivity contribution in [1.29, 1.82) is 0 Å². The minimum absolute atomic E-state index is 0.00822. The molecule has 0 fully saturated rings. The summed E-state index contributed by atoms with van der Waals surface area (Å²) in [7, 11) is 0. The Bertz CT molecular complexity index is 608. The summed E-state index contributed by atoms with van der Waals surface area (Å²) in [5, 5.41) is 16.5. The maximum absolute atomic E-state index is 13.6. The zero-order valence-electron chi connectivity index (χ0n) is 11.3. The Morgan fingerprint density at radius 2 is 2.20 bits per heavy atom. The predicted octanol–water partition coefficient (Wildman–Crippen LogP) is 2.83. The Hall–Kier alpha value is -1.72. The van der Waals surface area contributed by atoms with Crippen molar-refractivity contribution in [2.75, 3.05) is 6.54 Å². The molecule has 0 saturated heterocycles. The van der Waals surface area contributed by atoms with Crippen molar-refractivity contribution in [3.05, 3.63) is 57.5 Å². The highest BCUT2D eigenvalue weighted by Crippen LogP contribution is 2.22. The number of hydrogen-bond acceptors (Lipinski definition) is 3. The molecule has 0 aliphatic heterocycles. The number of nitrogens with one attached hydrogen (secondary N) is 1. The van der Waals surface area contributed by atoms with Crippen molar-refractivity contribution >= 4 is 17.2 Å². The molecule has 2 N–H and O–H groups in total. The van der Waals surface area contributed by atoms with Gasteiger partial charge in [-0.2, -0.15) is 11.3 Å². The maximum atomic E-state index is 13.6. The highest BCUT2D eigenvalue weighted by molar-refractivity contribution is 7.08. The van der Waals surface area contributed by atoms with Crippen molar-refractivity contribution in [2.45, 2.75) is 19.4 Å². The summed E-state index contributed by atoms with van der Waals surface area (Å²) < 4.78 is 13.6. The topological polar surface area (TPSA) is 49.3 Å². The smallest absolute Gasteiger partial charge is 0.254 e. The second kappa shape index (κ2) is 5.73. The van der Waals surface area contributed by atoms with Crippen LogP contribution in [0.4, 0.5) is 4.39 Å². The van der Waals surface area contributed by atoms with Crippen LogP contribution in [-0.4, -0.2) is 17.6 Å². The fourth-order valence-electron chi connectivity index (χ4n) is 1.83. The van der Waals surface area contributed by atoms with Crippen LogP contribution < -0.4 is 5.32 Å². The molecule has 106 valence electrons. The van der Waals surface area contributed by atoms with Gasteiger partial charge in [-0.1, -0.05) is 11.6 Å². The highest BCUT2D eigenvalue weighted by Gasteiger charge is 2.25. The number of hydrogen-bond donors (Lipinski definition) is 2. The van der Waals surface area contributed by atoms with Crippen molar-refractivity contribution in [3.8, 4) is 0 Å². The van der Waals surface area contributed by atoms with E-state index in [0.29, 0.717) is 0 Å². The molecule has 5 heteroatoms. The SMILES string of the molecule is Cc1ccc(F)c(C(=O)NCC(C)(O)c2ccsc2)c1. The van der Waals surface area contributed by atoms with Gasteiger partial charge in [0.1, 0.15) is 11.4 Å². The van der Waals surface area contributed by atoms with E-state index in [1.165, 1.54) is 23.5 Å².